The van der Waals surface area contributed by atoms with Gasteiger partial charge in [0.2, 0.25) is 11.8 Å². The van der Waals surface area contributed by atoms with Crippen LogP contribution in [0.5, 0.6) is 0 Å². The summed E-state index contributed by atoms with van der Waals surface area (Å²) >= 11 is 1.31. The van der Waals surface area contributed by atoms with Crippen LogP contribution in [0.1, 0.15) is 24.5 Å². The van der Waals surface area contributed by atoms with Gasteiger partial charge in [0.15, 0.2) is 5.16 Å². The van der Waals surface area contributed by atoms with Crippen molar-refractivity contribution in [3.8, 4) is 11.5 Å². The second-order valence-corrected chi connectivity index (χ2v) is 7.13. The molecule has 0 saturated carbocycles. The molecule has 28 heavy (non-hydrogen) atoms. The maximum absolute atomic E-state index is 11.9. The standard InChI is InChI=1S/C16H18N6O5S/c1-10(28-16-20-19-15(23)21(16)8-3-9-26-2)13-17-18-14(27-13)11-4-6-12(7-5-11)22(24)25/h4-7,10H,3,8-9H2,1-2H3,(H,19,23). The van der Waals surface area contributed by atoms with Gasteiger partial charge in [0.1, 0.15) is 0 Å². The second kappa shape index (κ2) is 8.80. The Kier molecular flexibility index (Phi) is 6.21. The maximum atomic E-state index is 11.9. The quantitative estimate of drug-likeness (QED) is 0.245. The second-order valence-electron chi connectivity index (χ2n) is 5.82. The summed E-state index contributed by atoms with van der Waals surface area (Å²) in [5.41, 5.74) is 0.276. The zero-order valence-electron chi connectivity index (χ0n) is 15.2. The largest absolute Gasteiger partial charge is 0.419 e. The number of H-pyrrole nitrogens is 1. The molecule has 0 aliphatic heterocycles. The first-order valence-corrected chi connectivity index (χ1v) is 9.26. The van der Waals surface area contributed by atoms with Crippen molar-refractivity contribution in [2.75, 3.05) is 13.7 Å². The molecule has 2 aromatic heterocycles. The number of benzene rings is 1. The Hall–Kier alpha value is -2.99. The van der Waals surface area contributed by atoms with Gasteiger partial charge in [-0.15, -0.1) is 15.3 Å². The molecule has 1 aromatic carbocycles. The molecule has 0 amide bonds. The van der Waals surface area contributed by atoms with Crippen LogP contribution in [0.25, 0.3) is 11.5 Å². The lowest BCUT2D eigenvalue weighted by atomic mass is 10.2. The Morgan fingerprint density at radius 3 is 2.79 bits per heavy atom. The van der Waals surface area contributed by atoms with Crippen LogP contribution in [0, 0.1) is 10.1 Å². The Morgan fingerprint density at radius 1 is 1.36 bits per heavy atom. The molecule has 3 aromatic rings. The van der Waals surface area contributed by atoms with Gasteiger partial charge >= 0.3 is 5.69 Å². The molecular weight excluding hydrogens is 388 g/mol. The van der Waals surface area contributed by atoms with E-state index in [0.29, 0.717) is 36.2 Å². The number of non-ortho nitro benzene ring substituents is 1. The van der Waals surface area contributed by atoms with Crippen LogP contribution in [0.2, 0.25) is 0 Å². The smallest absolute Gasteiger partial charge is 0.343 e. The fourth-order valence-corrected chi connectivity index (χ4v) is 3.32. The first-order chi connectivity index (χ1) is 13.5. The third-order valence-electron chi connectivity index (χ3n) is 3.85. The van der Waals surface area contributed by atoms with E-state index < -0.39 is 4.92 Å². The van der Waals surface area contributed by atoms with Gasteiger partial charge in [0, 0.05) is 38.0 Å². The van der Waals surface area contributed by atoms with E-state index in [1.165, 1.54) is 28.5 Å². The van der Waals surface area contributed by atoms with Crippen molar-refractivity contribution in [2.45, 2.75) is 30.3 Å². The number of methoxy groups -OCH3 is 1. The summed E-state index contributed by atoms with van der Waals surface area (Å²) in [5, 5.41) is 25.5. The van der Waals surface area contributed by atoms with Crippen LogP contribution >= 0.6 is 11.8 Å². The molecular formula is C16H18N6O5S. The third kappa shape index (κ3) is 4.46. The fourth-order valence-electron chi connectivity index (χ4n) is 2.41. The lowest BCUT2D eigenvalue weighted by Gasteiger charge is -2.08. The molecule has 1 unspecified atom stereocenters. The Labute approximate surface area is 163 Å². The molecule has 0 spiro atoms. The van der Waals surface area contributed by atoms with Crippen LogP contribution in [0.4, 0.5) is 5.69 Å². The summed E-state index contributed by atoms with van der Waals surface area (Å²) in [4.78, 5) is 22.2. The highest BCUT2D eigenvalue weighted by Gasteiger charge is 2.20. The van der Waals surface area contributed by atoms with E-state index in [1.807, 2.05) is 6.92 Å². The molecule has 2 heterocycles. The predicted octanol–water partition coefficient (Wildman–Crippen LogP) is 2.42. The first-order valence-electron chi connectivity index (χ1n) is 8.38. The van der Waals surface area contributed by atoms with Crippen molar-refractivity contribution in [1.82, 2.24) is 25.0 Å². The molecule has 0 saturated heterocycles. The van der Waals surface area contributed by atoms with Crippen molar-refractivity contribution in [3.05, 3.63) is 50.8 Å². The van der Waals surface area contributed by atoms with Crippen LogP contribution in [0.3, 0.4) is 0 Å². The van der Waals surface area contributed by atoms with Gasteiger partial charge in [-0.1, -0.05) is 11.8 Å². The lowest BCUT2D eigenvalue weighted by Crippen LogP contribution is -2.18. The van der Waals surface area contributed by atoms with Gasteiger partial charge in [-0.05, 0) is 25.5 Å². The molecule has 11 nitrogen and oxygen atoms in total. The summed E-state index contributed by atoms with van der Waals surface area (Å²) in [6.07, 6.45) is 0.683. The number of rotatable bonds is 9. The van der Waals surface area contributed by atoms with Crippen LogP contribution in [0.15, 0.2) is 38.6 Å². The Balaban J connectivity index is 1.72. The van der Waals surface area contributed by atoms with Gasteiger partial charge in [-0.25, -0.2) is 9.89 Å². The average Bonchev–Trinajstić information content (AvgIpc) is 3.31. The number of nitrogens with zero attached hydrogens (tertiary/aromatic N) is 5. The van der Waals surface area contributed by atoms with E-state index >= 15 is 0 Å². The number of hydrogen-bond donors (Lipinski definition) is 1. The molecule has 12 heteroatoms. The number of hydrogen-bond acceptors (Lipinski definition) is 9. The molecule has 0 radical (unpaired) electrons. The van der Waals surface area contributed by atoms with Crippen LogP contribution in [-0.2, 0) is 11.3 Å². The molecule has 3 rings (SSSR count). The fraction of sp³-hybridized carbons (Fsp3) is 0.375. The van der Waals surface area contributed by atoms with Gasteiger partial charge < -0.3 is 9.15 Å². The number of thioether (sulfide) groups is 1. The normalized spacial score (nSPS) is 12.2. The molecule has 0 aliphatic carbocycles. The summed E-state index contributed by atoms with van der Waals surface area (Å²) in [7, 11) is 1.61. The summed E-state index contributed by atoms with van der Waals surface area (Å²) in [6.45, 7) is 2.88. The Bertz CT molecular complexity index is 996. The van der Waals surface area contributed by atoms with Crippen molar-refractivity contribution < 1.29 is 14.1 Å². The predicted molar refractivity (Wildman–Crippen MR) is 100 cm³/mol. The monoisotopic (exact) mass is 406 g/mol. The lowest BCUT2D eigenvalue weighted by molar-refractivity contribution is -0.384. The van der Waals surface area contributed by atoms with Crippen molar-refractivity contribution in [1.29, 1.82) is 0 Å². The zero-order valence-corrected chi connectivity index (χ0v) is 16.0. The minimum atomic E-state index is -0.474. The highest BCUT2D eigenvalue weighted by Crippen LogP contribution is 2.33. The van der Waals surface area contributed by atoms with Crippen LogP contribution < -0.4 is 5.69 Å². The van der Waals surface area contributed by atoms with Crippen molar-refractivity contribution >= 4 is 17.4 Å². The Morgan fingerprint density at radius 2 is 2.11 bits per heavy atom. The molecule has 0 aliphatic rings. The first kappa shape index (κ1) is 19.8. The average molecular weight is 406 g/mol. The highest BCUT2D eigenvalue weighted by atomic mass is 32.2. The highest BCUT2D eigenvalue weighted by molar-refractivity contribution is 7.99. The van der Waals surface area contributed by atoms with E-state index in [4.69, 9.17) is 9.15 Å². The number of nitro groups is 1. The molecule has 0 bridgehead atoms. The number of aromatic amines is 1. The van der Waals surface area contributed by atoms with E-state index in [0.717, 1.165) is 0 Å². The molecule has 148 valence electrons. The summed E-state index contributed by atoms with van der Waals surface area (Å²) in [5.74, 6) is 0.620. The minimum Gasteiger partial charge on any atom is -0.419 e. The van der Waals surface area contributed by atoms with E-state index in [9.17, 15) is 14.9 Å². The molecule has 1 N–H and O–H groups in total. The number of ether oxygens (including phenoxy) is 1. The number of nitro benzene ring substituents is 1. The number of nitrogens with one attached hydrogen (secondary N) is 1. The molecule has 0 fully saturated rings. The van der Waals surface area contributed by atoms with Crippen LogP contribution in [-0.4, -0.2) is 43.6 Å². The van der Waals surface area contributed by atoms with Gasteiger partial charge in [-0.3, -0.25) is 14.7 Å². The van der Waals surface area contributed by atoms with E-state index in [-0.39, 0.29) is 22.5 Å². The third-order valence-corrected chi connectivity index (χ3v) is 4.93. The van der Waals surface area contributed by atoms with E-state index in [2.05, 4.69) is 20.4 Å². The summed E-state index contributed by atoms with van der Waals surface area (Å²) in [6, 6.07) is 5.85. The van der Waals surface area contributed by atoms with Gasteiger partial charge in [0.05, 0.1) is 10.2 Å². The van der Waals surface area contributed by atoms with Crippen molar-refractivity contribution in [2.24, 2.45) is 0 Å². The zero-order chi connectivity index (χ0) is 20.1. The minimum absolute atomic E-state index is 0.0163. The topological polar surface area (TPSA) is 142 Å². The maximum Gasteiger partial charge on any atom is 0.343 e. The van der Waals surface area contributed by atoms with E-state index in [1.54, 1.807) is 19.2 Å². The van der Waals surface area contributed by atoms with Crippen molar-refractivity contribution in [3.63, 3.8) is 0 Å². The number of aromatic nitrogens is 5. The van der Waals surface area contributed by atoms with Gasteiger partial charge in [-0.2, -0.15) is 0 Å². The summed E-state index contributed by atoms with van der Waals surface area (Å²) < 4.78 is 12.2. The SMILES string of the molecule is COCCCn1c(SC(C)c2nnc(-c3ccc([N+](=O)[O-])cc3)o2)n[nH]c1=O. The molecule has 1 atom stereocenters. The van der Waals surface area contributed by atoms with Gasteiger partial charge in [0.25, 0.3) is 5.69 Å².